The smallest absolute Gasteiger partial charge is 0.462 e. The van der Waals surface area contributed by atoms with E-state index in [1.54, 1.807) is 12.2 Å². The van der Waals surface area contributed by atoms with Crippen molar-refractivity contribution < 1.29 is 68.2 Å². The highest BCUT2D eigenvalue weighted by Crippen LogP contribution is 2.47. The third-order valence-corrected chi connectivity index (χ3v) is 10.5. The van der Waals surface area contributed by atoms with E-state index in [0.717, 1.165) is 51.4 Å². The summed E-state index contributed by atoms with van der Waals surface area (Å²) in [7, 11) is -5.18. The van der Waals surface area contributed by atoms with Crippen LogP contribution >= 0.6 is 7.82 Å². The predicted molar refractivity (Wildman–Crippen MR) is 240 cm³/mol. The van der Waals surface area contributed by atoms with Crippen LogP contribution in [-0.2, 0) is 32.7 Å². The second kappa shape index (κ2) is 36.1. The van der Waals surface area contributed by atoms with Crippen molar-refractivity contribution in [2.45, 2.75) is 172 Å². The number of allylic oxidation sites excluding steroid dienone is 15. The predicted octanol–water partition coefficient (Wildman–Crippen LogP) is 7.24. The standard InChI is InChI=1S/C47H75O14P/c1-3-5-7-9-11-13-15-17-18-20-22-24-26-28-30-34-41(50)60-39(37-59-62(56,57)61-47-45(54)43(52)42(51)44(53)46(47)55)36-58-40(49)35-31-33-38(48)32-29-27-25-23-21-19-16-14-12-10-8-6-4-2/h6,8,11-14,17-19,21-22,24-25,27,29,32,38-39,42-48,51-55H,3-5,7,9-10,15-16,20,23,26,28,30-31,33-37H2,1-2H3,(H,56,57)/b8-6-,13-11-,14-12-,18-17-,21-19-,24-22-,27-25-,32-29+/t38?,39-,42?,43-,44+,45-,46-,47?/m1/s1. The molecule has 62 heavy (non-hydrogen) atoms. The highest BCUT2D eigenvalue weighted by Gasteiger charge is 2.51. The lowest BCUT2D eigenvalue weighted by Gasteiger charge is -2.41. The van der Waals surface area contributed by atoms with Crippen molar-refractivity contribution in [2.24, 2.45) is 0 Å². The van der Waals surface area contributed by atoms with Crippen molar-refractivity contribution in [1.29, 1.82) is 0 Å². The fourth-order valence-electron chi connectivity index (χ4n) is 5.91. The van der Waals surface area contributed by atoms with Crippen LogP contribution < -0.4 is 0 Å². The normalized spacial score (nSPS) is 23.3. The van der Waals surface area contributed by atoms with Gasteiger partial charge in [-0.15, -0.1) is 0 Å². The van der Waals surface area contributed by atoms with Gasteiger partial charge in [-0.1, -0.05) is 124 Å². The SMILES string of the molecule is CC/C=C\C/C=C\C/C=C\C/C=C\C=C\C(O)CCCC(=O)OC[C@H](COP(=O)(O)OC1[C@H](O)[C@H](O)C(O)[C@H](O)[C@H]1O)OC(=O)CCCC/C=C\C/C=C\C/C=C\CCCCC. The maximum absolute atomic E-state index is 12.8. The zero-order valence-corrected chi connectivity index (χ0v) is 37.6. The maximum Gasteiger partial charge on any atom is 0.472 e. The number of aliphatic hydroxyl groups is 6. The molecule has 0 aromatic heterocycles. The maximum atomic E-state index is 12.8. The molecule has 352 valence electrons. The lowest BCUT2D eigenvalue weighted by atomic mass is 9.85. The summed E-state index contributed by atoms with van der Waals surface area (Å²) in [6, 6.07) is 0. The average molecular weight is 895 g/mol. The molecule has 1 saturated carbocycles. The fourth-order valence-corrected chi connectivity index (χ4v) is 6.88. The van der Waals surface area contributed by atoms with Gasteiger partial charge in [0.2, 0.25) is 0 Å². The molecule has 0 radical (unpaired) electrons. The van der Waals surface area contributed by atoms with Gasteiger partial charge < -0.3 is 45.0 Å². The van der Waals surface area contributed by atoms with Crippen molar-refractivity contribution in [1.82, 2.24) is 0 Å². The zero-order chi connectivity index (χ0) is 45.9. The van der Waals surface area contributed by atoms with Crippen LogP contribution in [0.25, 0.3) is 0 Å². The molecule has 0 aromatic carbocycles. The van der Waals surface area contributed by atoms with Crippen LogP contribution in [-0.4, -0.2) is 110 Å². The molecular weight excluding hydrogens is 819 g/mol. The van der Waals surface area contributed by atoms with Crippen molar-refractivity contribution in [3.63, 3.8) is 0 Å². The van der Waals surface area contributed by atoms with Crippen molar-refractivity contribution in [3.8, 4) is 0 Å². The minimum absolute atomic E-state index is 0.000939. The van der Waals surface area contributed by atoms with E-state index < -0.39 is 81.8 Å². The van der Waals surface area contributed by atoms with E-state index >= 15 is 0 Å². The van der Waals surface area contributed by atoms with Gasteiger partial charge in [-0.05, 0) is 83.5 Å². The van der Waals surface area contributed by atoms with Crippen LogP contribution in [0, 0.1) is 0 Å². The molecule has 7 N–H and O–H groups in total. The summed E-state index contributed by atoms with van der Waals surface area (Å²) in [5.41, 5.74) is 0. The van der Waals surface area contributed by atoms with Gasteiger partial charge in [-0.3, -0.25) is 18.6 Å². The summed E-state index contributed by atoms with van der Waals surface area (Å²) in [6.07, 6.45) is 30.6. The molecule has 1 aliphatic rings. The molecular formula is C47H75O14P. The van der Waals surface area contributed by atoms with Gasteiger partial charge in [-0.2, -0.15) is 0 Å². The Kier molecular flexibility index (Phi) is 33.1. The second-order valence-electron chi connectivity index (χ2n) is 15.0. The van der Waals surface area contributed by atoms with Crippen LogP contribution in [0.5, 0.6) is 0 Å². The van der Waals surface area contributed by atoms with E-state index in [2.05, 4.69) is 80.7 Å². The first-order chi connectivity index (χ1) is 29.8. The summed E-state index contributed by atoms with van der Waals surface area (Å²) in [4.78, 5) is 35.7. The number of carbonyl (C=O) groups excluding carboxylic acids is 2. The van der Waals surface area contributed by atoms with Crippen molar-refractivity contribution >= 4 is 19.8 Å². The molecule has 1 rings (SSSR count). The molecule has 0 heterocycles. The minimum Gasteiger partial charge on any atom is -0.462 e. The third-order valence-electron chi connectivity index (χ3n) is 9.51. The number of rotatable bonds is 34. The number of esters is 2. The number of hydrogen-bond donors (Lipinski definition) is 7. The topological polar surface area (TPSA) is 230 Å². The molecule has 15 heteroatoms. The van der Waals surface area contributed by atoms with E-state index in [4.69, 9.17) is 18.5 Å². The lowest BCUT2D eigenvalue weighted by molar-refractivity contribution is -0.220. The number of ether oxygens (including phenoxy) is 2. The number of unbranched alkanes of at least 4 members (excludes halogenated alkanes) is 5. The van der Waals surface area contributed by atoms with Gasteiger partial charge in [-0.25, -0.2) is 4.57 Å². The summed E-state index contributed by atoms with van der Waals surface area (Å²) in [5, 5.41) is 60.4. The van der Waals surface area contributed by atoms with Crippen LogP contribution in [0.2, 0.25) is 0 Å². The molecule has 1 fully saturated rings. The number of hydrogen-bond acceptors (Lipinski definition) is 13. The van der Waals surface area contributed by atoms with E-state index in [-0.39, 0.29) is 25.7 Å². The summed E-state index contributed by atoms with van der Waals surface area (Å²) >= 11 is 0. The lowest BCUT2D eigenvalue weighted by Crippen LogP contribution is -2.64. The monoisotopic (exact) mass is 894 g/mol. The van der Waals surface area contributed by atoms with Gasteiger partial charge in [0, 0.05) is 12.8 Å². The molecule has 4 unspecified atom stereocenters. The molecule has 0 aliphatic heterocycles. The summed E-state index contributed by atoms with van der Waals surface area (Å²) in [5.74, 6) is -1.36. The third kappa shape index (κ3) is 28.4. The summed E-state index contributed by atoms with van der Waals surface area (Å²) < 4.78 is 33.3. The first-order valence-electron chi connectivity index (χ1n) is 22.1. The minimum atomic E-state index is -5.18. The Balaban J connectivity index is 2.61. The van der Waals surface area contributed by atoms with Gasteiger partial charge >= 0.3 is 19.8 Å². The van der Waals surface area contributed by atoms with E-state index in [1.165, 1.54) is 19.3 Å². The van der Waals surface area contributed by atoms with Crippen LogP contribution in [0.4, 0.5) is 0 Å². The number of phosphoric acid groups is 1. The molecule has 0 aromatic rings. The average Bonchev–Trinajstić information content (AvgIpc) is 3.25. The van der Waals surface area contributed by atoms with Crippen LogP contribution in [0.15, 0.2) is 97.2 Å². The van der Waals surface area contributed by atoms with Crippen LogP contribution in [0.3, 0.4) is 0 Å². The van der Waals surface area contributed by atoms with Gasteiger partial charge in [0.25, 0.3) is 0 Å². The Morgan fingerprint density at radius 3 is 1.66 bits per heavy atom. The Labute approximate surface area is 369 Å². The molecule has 0 bridgehead atoms. The molecule has 14 nitrogen and oxygen atoms in total. The van der Waals surface area contributed by atoms with E-state index in [1.807, 2.05) is 18.2 Å². The Hall–Kier alpha value is -3.27. The number of phosphoric ester groups is 1. The second-order valence-corrected chi connectivity index (χ2v) is 16.4. The van der Waals surface area contributed by atoms with Crippen molar-refractivity contribution in [2.75, 3.05) is 13.2 Å². The molecule has 0 amide bonds. The number of carbonyl (C=O) groups is 2. The van der Waals surface area contributed by atoms with E-state index in [0.29, 0.717) is 12.8 Å². The highest BCUT2D eigenvalue weighted by molar-refractivity contribution is 7.47. The molecule has 9 atom stereocenters. The Bertz CT molecular complexity index is 1470. The number of aliphatic hydroxyl groups excluding tert-OH is 6. The highest BCUT2D eigenvalue weighted by atomic mass is 31.2. The first kappa shape index (κ1) is 56.7. The molecule has 0 spiro atoms. The summed E-state index contributed by atoms with van der Waals surface area (Å²) in [6.45, 7) is 2.92. The first-order valence-corrected chi connectivity index (χ1v) is 23.6. The zero-order valence-electron chi connectivity index (χ0n) is 36.7. The molecule has 1 aliphatic carbocycles. The fraction of sp³-hybridized carbons (Fsp3) is 0.617. The van der Waals surface area contributed by atoms with E-state index in [9.17, 15) is 49.7 Å². The van der Waals surface area contributed by atoms with Crippen molar-refractivity contribution in [3.05, 3.63) is 97.2 Å². The Morgan fingerprint density at radius 2 is 1.10 bits per heavy atom. The largest absolute Gasteiger partial charge is 0.472 e. The molecule has 0 saturated heterocycles. The van der Waals surface area contributed by atoms with Gasteiger partial charge in [0.1, 0.15) is 43.2 Å². The Morgan fingerprint density at radius 1 is 0.597 bits per heavy atom. The van der Waals surface area contributed by atoms with Gasteiger partial charge in [0.05, 0.1) is 12.7 Å². The van der Waals surface area contributed by atoms with Crippen LogP contribution in [0.1, 0.15) is 123 Å². The van der Waals surface area contributed by atoms with Gasteiger partial charge in [0.15, 0.2) is 6.10 Å². The quantitative estimate of drug-likeness (QED) is 0.0111.